The van der Waals surface area contributed by atoms with E-state index in [0.717, 1.165) is 5.56 Å². The van der Waals surface area contributed by atoms with Crippen LogP contribution >= 0.6 is 22.7 Å². The molecule has 120 valence electrons. The van der Waals surface area contributed by atoms with Gasteiger partial charge in [-0.1, -0.05) is 0 Å². The third-order valence-corrected chi connectivity index (χ3v) is 4.43. The molecule has 0 saturated carbocycles. The molecule has 0 unspecified atom stereocenters. The summed E-state index contributed by atoms with van der Waals surface area (Å²) in [4.78, 5) is 27.9. The van der Waals surface area contributed by atoms with Crippen LogP contribution in [-0.4, -0.2) is 16.8 Å². The number of rotatable bonds is 5. The van der Waals surface area contributed by atoms with Gasteiger partial charge in [-0.05, 0) is 52.7 Å². The lowest BCUT2D eigenvalue weighted by molar-refractivity contribution is -0.111. The Morgan fingerprint density at radius 1 is 1.04 bits per heavy atom. The Morgan fingerprint density at radius 3 is 2.54 bits per heavy atom. The van der Waals surface area contributed by atoms with Gasteiger partial charge >= 0.3 is 0 Å². The molecule has 2 heterocycles. The Hall–Kier alpha value is -2.77. The lowest BCUT2D eigenvalue weighted by Crippen LogP contribution is -2.12. The Labute approximate surface area is 146 Å². The van der Waals surface area contributed by atoms with Gasteiger partial charge in [0, 0.05) is 28.9 Å². The number of nitrogens with one attached hydrogen (secondary N) is 2. The van der Waals surface area contributed by atoms with Crippen LogP contribution in [0.15, 0.2) is 58.7 Å². The second kappa shape index (κ2) is 7.67. The summed E-state index contributed by atoms with van der Waals surface area (Å²) in [6.45, 7) is 0. The minimum Gasteiger partial charge on any atom is -0.323 e. The lowest BCUT2D eigenvalue weighted by atomic mass is 10.2. The van der Waals surface area contributed by atoms with Crippen LogP contribution in [0, 0.1) is 0 Å². The van der Waals surface area contributed by atoms with Crippen molar-refractivity contribution in [2.24, 2.45) is 0 Å². The Bertz CT molecular complexity index is 839. The highest BCUT2D eigenvalue weighted by Gasteiger charge is 2.07. The maximum Gasteiger partial charge on any atom is 0.257 e. The standard InChI is InChI=1S/C17H13N3O2S2/c21-15(6-1-12-7-9-23-11-12)19-14-4-2-13(3-5-14)16(22)20-17-18-8-10-24-17/h1-11H,(H,19,21)(H,18,20,22)/b6-1+. The van der Waals surface area contributed by atoms with Crippen molar-refractivity contribution < 1.29 is 9.59 Å². The largest absolute Gasteiger partial charge is 0.323 e. The average Bonchev–Trinajstić information content (AvgIpc) is 3.27. The molecule has 5 nitrogen and oxygen atoms in total. The maximum absolute atomic E-state index is 12.0. The van der Waals surface area contributed by atoms with E-state index in [4.69, 9.17) is 0 Å². The van der Waals surface area contributed by atoms with Crippen LogP contribution in [0.1, 0.15) is 15.9 Å². The highest BCUT2D eigenvalue weighted by atomic mass is 32.1. The van der Waals surface area contributed by atoms with Crippen molar-refractivity contribution in [2.45, 2.75) is 0 Å². The third kappa shape index (κ3) is 4.37. The fraction of sp³-hybridized carbons (Fsp3) is 0. The number of carbonyl (C=O) groups excluding carboxylic acids is 2. The first kappa shape index (κ1) is 16.1. The summed E-state index contributed by atoms with van der Waals surface area (Å²) in [6, 6.07) is 8.62. The highest BCUT2D eigenvalue weighted by Crippen LogP contribution is 2.14. The van der Waals surface area contributed by atoms with Gasteiger partial charge in [-0.3, -0.25) is 14.9 Å². The number of hydrogen-bond acceptors (Lipinski definition) is 5. The number of carbonyl (C=O) groups is 2. The zero-order chi connectivity index (χ0) is 16.8. The van der Waals surface area contributed by atoms with E-state index in [1.165, 1.54) is 17.4 Å². The summed E-state index contributed by atoms with van der Waals surface area (Å²) in [5.41, 5.74) is 2.11. The van der Waals surface area contributed by atoms with E-state index < -0.39 is 0 Å². The highest BCUT2D eigenvalue weighted by molar-refractivity contribution is 7.13. The summed E-state index contributed by atoms with van der Waals surface area (Å²) in [5.74, 6) is -0.457. The molecule has 0 aliphatic rings. The van der Waals surface area contributed by atoms with Crippen LogP contribution in [0.25, 0.3) is 6.08 Å². The normalized spacial score (nSPS) is 10.7. The van der Waals surface area contributed by atoms with Gasteiger partial charge in [0.1, 0.15) is 0 Å². The Balaban J connectivity index is 1.58. The number of nitrogens with zero attached hydrogens (tertiary/aromatic N) is 1. The van der Waals surface area contributed by atoms with Gasteiger partial charge in [0.2, 0.25) is 5.91 Å². The molecule has 2 amide bonds. The van der Waals surface area contributed by atoms with Gasteiger partial charge in [0.25, 0.3) is 5.91 Å². The van der Waals surface area contributed by atoms with E-state index in [-0.39, 0.29) is 11.8 Å². The van der Waals surface area contributed by atoms with Crippen LogP contribution < -0.4 is 10.6 Å². The summed E-state index contributed by atoms with van der Waals surface area (Å²) in [5, 5.41) is 11.7. The Kier molecular flexibility index (Phi) is 5.15. The molecule has 0 aliphatic heterocycles. The SMILES string of the molecule is O=C(/C=C/c1ccsc1)Nc1ccc(C(=O)Nc2nccs2)cc1. The predicted octanol–water partition coefficient (Wildman–Crippen LogP) is 4.11. The number of amides is 2. The van der Waals surface area contributed by atoms with Crippen molar-refractivity contribution in [3.63, 3.8) is 0 Å². The van der Waals surface area contributed by atoms with Crippen LogP contribution in [0.3, 0.4) is 0 Å². The maximum atomic E-state index is 12.0. The van der Waals surface area contributed by atoms with Gasteiger partial charge in [0.05, 0.1) is 0 Å². The number of hydrogen-bond donors (Lipinski definition) is 2. The number of benzene rings is 1. The molecule has 2 aromatic heterocycles. The van der Waals surface area contributed by atoms with E-state index >= 15 is 0 Å². The van der Waals surface area contributed by atoms with Gasteiger partial charge in [-0.15, -0.1) is 11.3 Å². The summed E-state index contributed by atoms with van der Waals surface area (Å²) in [6.07, 6.45) is 4.86. The van der Waals surface area contributed by atoms with E-state index in [9.17, 15) is 9.59 Å². The predicted molar refractivity (Wildman–Crippen MR) is 98.5 cm³/mol. The van der Waals surface area contributed by atoms with Crippen molar-refractivity contribution in [3.8, 4) is 0 Å². The van der Waals surface area contributed by atoms with Crippen molar-refractivity contribution in [2.75, 3.05) is 10.6 Å². The zero-order valence-electron chi connectivity index (χ0n) is 12.4. The van der Waals surface area contributed by atoms with Gasteiger partial charge in [-0.2, -0.15) is 11.3 Å². The minimum atomic E-state index is -0.236. The smallest absolute Gasteiger partial charge is 0.257 e. The fourth-order valence-electron chi connectivity index (χ4n) is 1.89. The summed E-state index contributed by atoms with van der Waals surface area (Å²) < 4.78 is 0. The van der Waals surface area contributed by atoms with Crippen LogP contribution in [0.5, 0.6) is 0 Å². The van der Waals surface area contributed by atoms with Crippen LogP contribution in [-0.2, 0) is 4.79 Å². The number of anilines is 2. The van der Waals surface area contributed by atoms with Crippen LogP contribution in [0.4, 0.5) is 10.8 Å². The molecule has 1 aromatic carbocycles. The number of thiophene rings is 1. The van der Waals surface area contributed by atoms with Crippen molar-refractivity contribution >= 4 is 51.4 Å². The van der Waals surface area contributed by atoms with E-state index in [0.29, 0.717) is 16.4 Å². The van der Waals surface area contributed by atoms with Crippen molar-refractivity contribution in [1.29, 1.82) is 0 Å². The number of aromatic nitrogens is 1. The first-order valence-electron chi connectivity index (χ1n) is 7.03. The molecule has 3 rings (SSSR count). The van der Waals surface area contributed by atoms with Crippen LogP contribution in [0.2, 0.25) is 0 Å². The van der Waals surface area contributed by atoms with Crippen molar-refractivity contribution in [3.05, 3.63) is 69.9 Å². The van der Waals surface area contributed by atoms with E-state index in [2.05, 4.69) is 15.6 Å². The molecule has 24 heavy (non-hydrogen) atoms. The molecule has 3 aromatic rings. The van der Waals surface area contributed by atoms with E-state index in [1.54, 1.807) is 53.3 Å². The quantitative estimate of drug-likeness (QED) is 0.677. The molecule has 0 bridgehead atoms. The van der Waals surface area contributed by atoms with Gasteiger partial charge < -0.3 is 5.32 Å². The van der Waals surface area contributed by atoms with E-state index in [1.807, 2.05) is 16.8 Å². The molecule has 7 heteroatoms. The molecule has 0 radical (unpaired) electrons. The molecular weight excluding hydrogens is 342 g/mol. The zero-order valence-corrected chi connectivity index (χ0v) is 14.1. The Morgan fingerprint density at radius 2 is 1.88 bits per heavy atom. The second-order valence-electron chi connectivity index (χ2n) is 4.75. The molecule has 0 fully saturated rings. The number of thiazole rings is 1. The molecule has 0 saturated heterocycles. The third-order valence-electron chi connectivity index (χ3n) is 3.04. The monoisotopic (exact) mass is 355 g/mol. The first-order valence-corrected chi connectivity index (χ1v) is 8.85. The average molecular weight is 355 g/mol. The molecule has 0 atom stereocenters. The topological polar surface area (TPSA) is 71.1 Å². The summed E-state index contributed by atoms with van der Waals surface area (Å²) in [7, 11) is 0. The second-order valence-corrected chi connectivity index (χ2v) is 6.42. The fourth-order valence-corrected chi connectivity index (χ4v) is 3.04. The summed E-state index contributed by atoms with van der Waals surface area (Å²) >= 11 is 2.93. The molecular formula is C17H13N3O2S2. The van der Waals surface area contributed by atoms with Gasteiger partial charge in [-0.25, -0.2) is 4.98 Å². The minimum absolute atomic E-state index is 0.221. The molecule has 0 spiro atoms. The van der Waals surface area contributed by atoms with Gasteiger partial charge in [0.15, 0.2) is 5.13 Å². The first-order chi connectivity index (χ1) is 11.7. The lowest BCUT2D eigenvalue weighted by Gasteiger charge is -2.05. The van der Waals surface area contributed by atoms with Crippen molar-refractivity contribution in [1.82, 2.24) is 4.98 Å². The molecule has 0 aliphatic carbocycles. The molecule has 2 N–H and O–H groups in total.